The summed E-state index contributed by atoms with van der Waals surface area (Å²) in [5.74, 6) is 10.9. The molecule has 0 unspecified atom stereocenters. The molecule has 1 aliphatic carbocycles. The number of methoxy groups -OCH3 is 1. The van der Waals surface area contributed by atoms with E-state index in [1.807, 2.05) is 24.3 Å². The van der Waals surface area contributed by atoms with Crippen molar-refractivity contribution in [3.05, 3.63) is 94.5 Å². The van der Waals surface area contributed by atoms with Gasteiger partial charge in [-0.15, -0.1) is 11.8 Å². The maximum Gasteiger partial charge on any atom is 0.307 e. The molecule has 0 bridgehead atoms. The maximum absolute atomic E-state index is 11.2. The molecule has 3 aromatic carbocycles. The van der Waals surface area contributed by atoms with E-state index < -0.39 is 5.97 Å². The van der Waals surface area contributed by atoms with Crippen molar-refractivity contribution in [2.45, 2.75) is 96.5 Å². The van der Waals surface area contributed by atoms with Crippen molar-refractivity contribution in [1.82, 2.24) is 0 Å². The third kappa shape index (κ3) is 9.91. The fourth-order valence-corrected chi connectivity index (χ4v) is 5.67. The van der Waals surface area contributed by atoms with E-state index in [1.54, 1.807) is 38.1 Å². The van der Waals surface area contributed by atoms with Crippen molar-refractivity contribution in [2.75, 3.05) is 7.11 Å². The predicted octanol–water partition coefficient (Wildman–Crippen LogP) is 8.26. The molecule has 0 saturated heterocycles. The van der Waals surface area contributed by atoms with E-state index in [4.69, 9.17) is 14.9 Å². The fourth-order valence-electron chi connectivity index (χ4n) is 5.67. The van der Waals surface area contributed by atoms with Gasteiger partial charge in [-0.05, 0) is 89.6 Å². The number of carbonyl (C=O) groups excluding carboxylic acids is 1. The first-order valence-electron chi connectivity index (χ1n) is 15.6. The van der Waals surface area contributed by atoms with Crippen molar-refractivity contribution >= 4 is 11.9 Å². The van der Waals surface area contributed by atoms with Crippen molar-refractivity contribution in [3.8, 4) is 35.2 Å². The van der Waals surface area contributed by atoms with Crippen LogP contribution in [0.3, 0.4) is 0 Å². The van der Waals surface area contributed by atoms with Crippen molar-refractivity contribution in [3.63, 3.8) is 0 Å². The number of hydrogen-bond donors (Lipinski definition) is 2. The molecule has 2 atom stereocenters. The summed E-state index contributed by atoms with van der Waals surface area (Å²) in [5.41, 5.74) is 6.26. The molecule has 0 fully saturated rings. The summed E-state index contributed by atoms with van der Waals surface area (Å²) in [6, 6.07) is 21.0. The van der Waals surface area contributed by atoms with Crippen LogP contribution in [0.5, 0.6) is 11.5 Å². The Morgan fingerprint density at radius 3 is 1.83 bits per heavy atom. The Balaban J connectivity index is 0.000000304. The highest BCUT2D eigenvalue weighted by atomic mass is 16.5. The lowest BCUT2D eigenvalue weighted by Crippen LogP contribution is -2.33. The van der Waals surface area contributed by atoms with Crippen LogP contribution in [-0.2, 0) is 31.8 Å². The second-order valence-corrected chi connectivity index (χ2v) is 12.9. The molecule has 6 nitrogen and oxygen atoms in total. The zero-order valence-electron chi connectivity index (χ0n) is 28.1. The highest BCUT2D eigenvalue weighted by molar-refractivity contribution is 5.71. The molecule has 0 aromatic heterocycles. The summed E-state index contributed by atoms with van der Waals surface area (Å²) < 4.78 is 10.6. The van der Waals surface area contributed by atoms with Gasteiger partial charge in [-0.3, -0.25) is 9.59 Å². The number of phenolic OH excluding ortho intramolecular Hbond substituents is 1. The number of aromatic hydroxyl groups is 1. The topological polar surface area (TPSA) is 93.1 Å². The molecule has 0 spiro atoms. The van der Waals surface area contributed by atoms with Gasteiger partial charge in [0, 0.05) is 0 Å². The fraction of sp³-hybridized carbons (Fsp3) is 0.400. The Bertz CT molecular complexity index is 1610. The van der Waals surface area contributed by atoms with Gasteiger partial charge in [0.25, 0.3) is 0 Å². The molecule has 242 valence electrons. The number of benzene rings is 3. The molecule has 3 aromatic rings. The second-order valence-electron chi connectivity index (χ2n) is 12.9. The van der Waals surface area contributed by atoms with E-state index in [0.29, 0.717) is 6.61 Å². The number of carboxylic acid groups (broad SMARTS) is 1. The molecule has 2 N–H and O–H groups in total. The molecule has 0 amide bonds. The highest BCUT2D eigenvalue weighted by Crippen LogP contribution is 2.46. The van der Waals surface area contributed by atoms with Crippen molar-refractivity contribution in [2.24, 2.45) is 0 Å². The van der Waals surface area contributed by atoms with Crippen LogP contribution in [-0.4, -0.2) is 29.3 Å². The standard InChI is InChI=1S/C27H32O3.C13H14O3/c1-6-7-21(17-25(28)29)20-9-11-22(12-10-20)30-18-19-8-13-23-24(16-19)27(4,5)15-14-26(23,2)3;1-3-4-11(9-13(15)16-2)10-5-7-12(14)8-6-10/h8-13,16,21H,14-15,17-18H2,1-5H3,(H,28,29);5-8,11,14H,9H2,1-2H3/t21-;11-/m11/s1. The molecule has 0 saturated carbocycles. The van der Waals surface area contributed by atoms with Gasteiger partial charge in [-0.1, -0.05) is 82.0 Å². The van der Waals surface area contributed by atoms with E-state index in [9.17, 15) is 9.59 Å². The average molecular weight is 623 g/mol. The van der Waals surface area contributed by atoms with Gasteiger partial charge in [0.1, 0.15) is 18.1 Å². The number of aliphatic carboxylic acids is 1. The molecule has 0 radical (unpaired) electrons. The number of carboxylic acids is 1. The quantitative estimate of drug-likeness (QED) is 0.184. The monoisotopic (exact) mass is 622 g/mol. The van der Waals surface area contributed by atoms with E-state index >= 15 is 0 Å². The predicted molar refractivity (Wildman–Crippen MR) is 182 cm³/mol. The van der Waals surface area contributed by atoms with Crippen LogP contribution in [0.25, 0.3) is 0 Å². The molecule has 46 heavy (non-hydrogen) atoms. The number of hydrogen-bond acceptors (Lipinski definition) is 5. The molecule has 1 aliphatic rings. The zero-order valence-corrected chi connectivity index (χ0v) is 28.1. The lowest BCUT2D eigenvalue weighted by molar-refractivity contribution is -0.141. The molecule has 6 heteroatoms. The number of carbonyl (C=O) groups is 2. The first-order valence-corrected chi connectivity index (χ1v) is 15.6. The molecule has 4 rings (SSSR count). The van der Waals surface area contributed by atoms with Gasteiger partial charge in [0.15, 0.2) is 0 Å². The minimum atomic E-state index is -0.846. The highest BCUT2D eigenvalue weighted by Gasteiger charge is 2.36. The Morgan fingerprint density at radius 2 is 1.30 bits per heavy atom. The normalized spacial score (nSPS) is 15.1. The lowest BCUT2D eigenvalue weighted by Gasteiger charge is -2.42. The van der Waals surface area contributed by atoms with Crippen LogP contribution in [0, 0.1) is 23.7 Å². The van der Waals surface area contributed by atoms with Crippen molar-refractivity contribution < 1.29 is 29.3 Å². The van der Waals surface area contributed by atoms with Gasteiger partial charge < -0.3 is 19.7 Å². The van der Waals surface area contributed by atoms with Gasteiger partial charge in [-0.25, -0.2) is 0 Å². The Hall–Kier alpha value is -4.68. The number of phenols is 1. The Kier molecular flexibility index (Phi) is 12.5. The minimum absolute atomic E-state index is 0.00228. The summed E-state index contributed by atoms with van der Waals surface area (Å²) in [4.78, 5) is 22.3. The number of rotatable bonds is 9. The van der Waals surface area contributed by atoms with Crippen LogP contribution in [0.1, 0.15) is 107 Å². The number of fused-ring (bicyclic) bond motifs is 1. The zero-order chi connectivity index (χ0) is 33.9. The molecular weight excluding hydrogens is 576 g/mol. The van der Waals surface area contributed by atoms with Crippen molar-refractivity contribution in [1.29, 1.82) is 0 Å². The summed E-state index contributed by atoms with van der Waals surface area (Å²) in [7, 11) is 1.36. The molecule has 0 heterocycles. The van der Waals surface area contributed by atoms with Crippen LogP contribution < -0.4 is 4.74 Å². The van der Waals surface area contributed by atoms with E-state index in [0.717, 1.165) is 16.9 Å². The minimum Gasteiger partial charge on any atom is -0.508 e. The third-order valence-corrected chi connectivity index (χ3v) is 8.52. The van der Waals surface area contributed by atoms with E-state index in [-0.39, 0.29) is 47.2 Å². The van der Waals surface area contributed by atoms with Gasteiger partial charge in [-0.2, -0.15) is 0 Å². The largest absolute Gasteiger partial charge is 0.508 e. The smallest absolute Gasteiger partial charge is 0.307 e. The van der Waals surface area contributed by atoms with Crippen LogP contribution in [0.15, 0.2) is 66.7 Å². The first-order chi connectivity index (χ1) is 21.8. The van der Waals surface area contributed by atoms with Gasteiger partial charge in [0.05, 0.1) is 31.8 Å². The average Bonchev–Trinajstić information content (AvgIpc) is 3.02. The van der Waals surface area contributed by atoms with Gasteiger partial charge in [0.2, 0.25) is 0 Å². The number of ether oxygens (including phenoxy) is 2. The first kappa shape index (κ1) is 35.8. The van der Waals surface area contributed by atoms with Crippen LogP contribution in [0.4, 0.5) is 0 Å². The maximum atomic E-state index is 11.2. The third-order valence-electron chi connectivity index (χ3n) is 8.52. The van der Waals surface area contributed by atoms with Crippen LogP contribution >= 0.6 is 0 Å². The summed E-state index contributed by atoms with van der Waals surface area (Å²) >= 11 is 0. The molecule has 0 aliphatic heterocycles. The SMILES string of the molecule is CC#C[C@H](CC(=O)O)c1ccc(OCc2ccc3c(c2)C(C)(C)CCC3(C)C)cc1.CC#C[C@H](CC(=O)OC)c1ccc(O)cc1. The second kappa shape index (κ2) is 16.1. The van der Waals surface area contributed by atoms with Crippen LogP contribution in [0.2, 0.25) is 0 Å². The number of esters is 1. The molecular formula is C40H46O6. The van der Waals surface area contributed by atoms with E-state index in [2.05, 4.69) is 74.3 Å². The van der Waals surface area contributed by atoms with E-state index in [1.165, 1.54) is 36.6 Å². The summed E-state index contributed by atoms with van der Waals surface area (Å²) in [6.07, 6.45) is 2.63. The summed E-state index contributed by atoms with van der Waals surface area (Å²) in [5, 5.41) is 18.3. The lowest BCUT2D eigenvalue weighted by atomic mass is 9.63. The Morgan fingerprint density at radius 1 is 0.783 bits per heavy atom. The summed E-state index contributed by atoms with van der Waals surface area (Å²) in [6.45, 7) is 13.3. The van der Waals surface area contributed by atoms with Gasteiger partial charge >= 0.3 is 11.9 Å². The Labute approximate surface area is 274 Å².